The molecule has 32 heavy (non-hydrogen) atoms. The average molecular weight is 439 g/mol. The van der Waals surface area contributed by atoms with Crippen LogP contribution < -0.4 is 10.2 Å². The first-order valence-corrected chi connectivity index (χ1v) is 11.3. The number of benzene rings is 2. The first-order valence-electron chi connectivity index (χ1n) is 11.3. The van der Waals surface area contributed by atoms with E-state index in [4.69, 9.17) is 0 Å². The number of nitro groups is 1. The smallest absolute Gasteiger partial charge is 0.269 e. The van der Waals surface area contributed by atoms with Crippen molar-refractivity contribution in [2.45, 2.75) is 31.8 Å². The van der Waals surface area contributed by atoms with E-state index < -0.39 is 0 Å². The van der Waals surface area contributed by atoms with Crippen LogP contribution in [0.2, 0.25) is 0 Å². The molecule has 0 bridgehead atoms. The lowest BCUT2D eigenvalue weighted by Gasteiger charge is -2.49. The highest BCUT2D eigenvalue weighted by molar-refractivity contribution is 5.82. The number of hydrogen-bond acceptors (Lipinski definition) is 5. The Bertz CT molecular complexity index is 1020. The zero-order chi connectivity index (χ0) is 22.2. The SMILES string of the molecule is O=C(NCC1CC1)[C@@H]1Cc2cc([N+](=O)[O-])ccc2N2CCN(Cc3ccc(F)cc3)C[C@@H]12. The van der Waals surface area contributed by atoms with E-state index in [2.05, 4.69) is 15.1 Å². The van der Waals surface area contributed by atoms with Crippen LogP contribution in [0.1, 0.15) is 24.0 Å². The van der Waals surface area contributed by atoms with Crippen LogP contribution >= 0.6 is 0 Å². The summed E-state index contributed by atoms with van der Waals surface area (Å²) in [5.41, 5.74) is 2.97. The molecule has 2 aliphatic heterocycles. The number of piperazine rings is 1. The summed E-state index contributed by atoms with van der Waals surface area (Å²) in [6, 6.07) is 11.6. The summed E-state index contributed by atoms with van der Waals surface area (Å²) in [4.78, 5) is 28.7. The van der Waals surface area contributed by atoms with E-state index in [1.165, 1.54) is 25.0 Å². The van der Waals surface area contributed by atoms with Crippen LogP contribution in [0, 0.1) is 27.8 Å². The summed E-state index contributed by atoms with van der Waals surface area (Å²) in [7, 11) is 0. The maximum absolute atomic E-state index is 13.3. The van der Waals surface area contributed by atoms with Gasteiger partial charge in [-0.05, 0) is 54.5 Å². The number of halogens is 1. The van der Waals surface area contributed by atoms with Crippen molar-refractivity contribution in [3.8, 4) is 0 Å². The van der Waals surface area contributed by atoms with E-state index in [1.54, 1.807) is 24.3 Å². The third-order valence-corrected chi connectivity index (χ3v) is 6.91. The van der Waals surface area contributed by atoms with Crippen molar-refractivity contribution in [2.24, 2.45) is 11.8 Å². The van der Waals surface area contributed by atoms with Crippen molar-refractivity contribution in [2.75, 3.05) is 31.1 Å². The van der Waals surface area contributed by atoms with Gasteiger partial charge >= 0.3 is 0 Å². The van der Waals surface area contributed by atoms with Crippen LogP contribution in [-0.4, -0.2) is 48.0 Å². The molecule has 3 aliphatic rings. The number of amides is 1. The van der Waals surface area contributed by atoms with Gasteiger partial charge in [0.05, 0.1) is 16.9 Å². The summed E-state index contributed by atoms with van der Waals surface area (Å²) >= 11 is 0. The molecule has 2 aromatic carbocycles. The Morgan fingerprint density at radius 2 is 1.94 bits per heavy atom. The lowest BCUT2D eigenvalue weighted by molar-refractivity contribution is -0.384. The monoisotopic (exact) mass is 438 g/mol. The number of anilines is 1. The fourth-order valence-electron chi connectivity index (χ4n) is 4.97. The predicted molar refractivity (Wildman–Crippen MR) is 119 cm³/mol. The van der Waals surface area contributed by atoms with Crippen molar-refractivity contribution in [3.05, 3.63) is 69.5 Å². The third kappa shape index (κ3) is 4.32. The van der Waals surface area contributed by atoms with E-state index >= 15 is 0 Å². The Morgan fingerprint density at radius 3 is 2.66 bits per heavy atom. The number of rotatable bonds is 6. The van der Waals surface area contributed by atoms with Crippen molar-refractivity contribution < 1.29 is 14.1 Å². The zero-order valence-corrected chi connectivity index (χ0v) is 17.9. The molecule has 5 rings (SSSR count). The maximum atomic E-state index is 13.3. The van der Waals surface area contributed by atoms with Gasteiger partial charge in [-0.3, -0.25) is 19.8 Å². The molecule has 1 saturated heterocycles. The molecule has 2 heterocycles. The lowest BCUT2D eigenvalue weighted by Crippen LogP contribution is -2.61. The molecule has 2 fully saturated rings. The molecule has 1 N–H and O–H groups in total. The first-order chi connectivity index (χ1) is 15.5. The second kappa shape index (κ2) is 8.50. The van der Waals surface area contributed by atoms with Crippen LogP contribution in [0.3, 0.4) is 0 Å². The summed E-state index contributed by atoms with van der Waals surface area (Å²) in [6.07, 6.45) is 2.83. The van der Waals surface area contributed by atoms with E-state index in [9.17, 15) is 19.3 Å². The topological polar surface area (TPSA) is 78.7 Å². The standard InChI is InChI=1S/C24H27FN4O3/c25-19-5-3-17(4-6-19)14-27-9-10-28-22-8-7-20(29(31)32)11-18(22)12-21(23(28)15-27)24(30)26-13-16-1-2-16/h3-8,11,16,21,23H,1-2,9-10,12-15H2,(H,26,30)/t21-,23+/m1/s1. The molecule has 0 spiro atoms. The van der Waals surface area contributed by atoms with Crippen LogP contribution in [0.4, 0.5) is 15.8 Å². The third-order valence-electron chi connectivity index (χ3n) is 6.91. The second-order valence-corrected chi connectivity index (χ2v) is 9.19. The number of non-ortho nitro benzene ring substituents is 1. The number of nitrogens with one attached hydrogen (secondary N) is 1. The molecule has 7 nitrogen and oxygen atoms in total. The van der Waals surface area contributed by atoms with Crippen molar-refractivity contribution >= 4 is 17.3 Å². The van der Waals surface area contributed by atoms with E-state index in [1.807, 2.05) is 6.07 Å². The highest BCUT2D eigenvalue weighted by atomic mass is 19.1. The normalized spacial score (nSPS) is 22.7. The molecular formula is C24H27FN4O3. The van der Waals surface area contributed by atoms with Gasteiger partial charge < -0.3 is 10.2 Å². The lowest BCUT2D eigenvalue weighted by atomic mass is 9.83. The fourth-order valence-corrected chi connectivity index (χ4v) is 4.97. The van der Waals surface area contributed by atoms with Crippen LogP contribution in [0.15, 0.2) is 42.5 Å². The molecule has 0 unspecified atom stereocenters. The summed E-state index contributed by atoms with van der Waals surface area (Å²) in [5.74, 6) is 0.115. The Morgan fingerprint density at radius 1 is 1.16 bits per heavy atom. The number of nitro benzene ring substituents is 1. The van der Waals surface area contributed by atoms with E-state index in [-0.39, 0.29) is 34.3 Å². The predicted octanol–water partition coefficient (Wildman–Crippen LogP) is 3.12. The number of hydrogen-bond donors (Lipinski definition) is 1. The van der Waals surface area contributed by atoms with Gasteiger partial charge in [0.15, 0.2) is 0 Å². The van der Waals surface area contributed by atoms with Crippen molar-refractivity contribution in [1.29, 1.82) is 0 Å². The molecule has 0 radical (unpaired) electrons. The Hall–Kier alpha value is -3.00. The minimum Gasteiger partial charge on any atom is -0.365 e. The first kappa shape index (κ1) is 20.9. The van der Waals surface area contributed by atoms with E-state index in [0.717, 1.165) is 36.4 Å². The van der Waals surface area contributed by atoms with Gasteiger partial charge in [0.25, 0.3) is 5.69 Å². The van der Waals surface area contributed by atoms with Crippen LogP contribution in [-0.2, 0) is 17.8 Å². The average Bonchev–Trinajstić information content (AvgIpc) is 3.62. The van der Waals surface area contributed by atoms with Gasteiger partial charge in [-0.15, -0.1) is 0 Å². The van der Waals surface area contributed by atoms with Gasteiger partial charge in [0, 0.05) is 50.5 Å². The van der Waals surface area contributed by atoms with E-state index in [0.29, 0.717) is 25.4 Å². The second-order valence-electron chi connectivity index (χ2n) is 9.19. The maximum Gasteiger partial charge on any atom is 0.269 e. The Labute approximate surface area is 186 Å². The molecular weight excluding hydrogens is 411 g/mol. The van der Waals surface area contributed by atoms with Gasteiger partial charge in [0.2, 0.25) is 5.91 Å². The number of carbonyl (C=O) groups is 1. The number of carbonyl (C=O) groups excluding carboxylic acids is 1. The molecule has 2 atom stereocenters. The minimum atomic E-state index is -0.380. The van der Waals surface area contributed by atoms with Gasteiger partial charge in [0.1, 0.15) is 5.82 Å². The van der Waals surface area contributed by atoms with Gasteiger partial charge in [-0.25, -0.2) is 4.39 Å². The van der Waals surface area contributed by atoms with Crippen molar-refractivity contribution in [3.63, 3.8) is 0 Å². The van der Waals surface area contributed by atoms with Crippen LogP contribution in [0.5, 0.6) is 0 Å². The van der Waals surface area contributed by atoms with Crippen LogP contribution in [0.25, 0.3) is 0 Å². The largest absolute Gasteiger partial charge is 0.365 e. The molecule has 8 heteroatoms. The zero-order valence-electron chi connectivity index (χ0n) is 17.9. The summed E-state index contributed by atoms with van der Waals surface area (Å²) < 4.78 is 13.3. The Kier molecular flexibility index (Phi) is 5.55. The number of nitrogens with zero attached hydrogens (tertiary/aromatic N) is 3. The van der Waals surface area contributed by atoms with Gasteiger partial charge in [-0.2, -0.15) is 0 Å². The quantitative estimate of drug-likeness (QED) is 0.554. The molecule has 168 valence electrons. The number of fused-ring (bicyclic) bond motifs is 3. The summed E-state index contributed by atoms with van der Waals surface area (Å²) in [5, 5.41) is 14.4. The van der Waals surface area contributed by atoms with Crippen molar-refractivity contribution in [1.82, 2.24) is 10.2 Å². The molecule has 2 aromatic rings. The Balaban J connectivity index is 1.39. The molecule has 0 aromatic heterocycles. The minimum absolute atomic E-state index is 0.00245. The molecule has 1 saturated carbocycles. The molecule has 1 aliphatic carbocycles. The fraction of sp³-hybridized carbons (Fsp3) is 0.458. The highest BCUT2D eigenvalue weighted by Gasteiger charge is 2.42. The highest BCUT2D eigenvalue weighted by Crippen LogP contribution is 2.38. The molecule has 1 amide bonds. The van der Waals surface area contributed by atoms with Gasteiger partial charge in [-0.1, -0.05) is 12.1 Å². The summed E-state index contributed by atoms with van der Waals surface area (Å²) in [6.45, 7) is 3.68.